The van der Waals surface area contributed by atoms with Gasteiger partial charge in [-0.2, -0.15) is 4.98 Å². The van der Waals surface area contributed by atoms with Crippen LogP contribution in [-0.2, 0) is 6.54 Å². The average molecular weight is 288 g/mol. The highest BCUT2D eigenvalue weighted by Crippen LogP contribution is 2.12. The maximum Gasteiger partial charge on any atom is 0.354 e. The molecule has 2 N–H and O–H groups in total. The number of nitrogens with zero attached hydrogens (tertiary/aromatic N) is 3. The van der Waals surface area contributed by atoms with E-state index in [1.807, 2.05) is 13.8 Å². The third-order valence-electron chi connectivity index (χ3n) is 2.49. The lowest BCUT2D eigenvalue weighted by molar-refractivity contribution is 0.0690. The molecule has 0 fully saturated rings. The molecule has 0 radical (unpaired) electrons. The summed E-state index contributed by atoms with van der Waals surface area (Å²) in [7, 11) is 0. The Kier molecular flexibility index (Phi) is 4.65. The predicted octanol–water partition coefficient (Wildman–Crippen LogP) is 1.97. The van der Waals surface area contributed by atoms with E-state index in [0.717, 1.165) is 5.56 Å². The van der Waals surface area contributed by atoms with Crippen LogP contribution in [0.4, 0.5) is 5.82 Å². The van der Waals surface area contributed by atoms with Crippen LogP contribution in [0.25, 0.3) is 0 Å². The van der Waals surface area contributed by atoms with E-state index >= 15 is 0 Å². The first-order valence-electron chi connectivity index (χ1n) is 6.45. The summed E-state index contributed by atoms with van der Waals surface area (Å²) in [5, 5.41) is 11.9. The summed E-state index contributed by atoms with van der Waals surface area (Å²) in [5.41, 5.74) is 0.864. The first-order chi connectivity index (χ1) is 10.0. The molecule has 2 aromatic heterocycles. The van der Waals surface area contributed by atoms with Gasteiger partial charge in [-0.3, -0.25) is 4.98 Å². The Morgan fingerprint density at radius 2 is 2.14 bits per heavy atom. The van der Waals surface area contributed by atoms with Gasteiger partial charge in [0.25, 0.3) is 0 Å². The van der Waals surface area contributed by atoms with Crippen molar-refractivity contribution in [3.63, 3.8) is 0 Å². The molecule has 110 valence electrons. The smallest absolute Gasteiger partial charge is 0.354 e. The van der Waals surface area contributed by atoms with E-state index in [1.165, 1.54) is 12.3 Å². The Morgan fingerprint density at radius 3 is 2.76 bits per heavy atom. The minimum atomic E-state index is -1.04. The fourth-order valence-electron chi connectivity index (χ4n) is 1.58. The van der Waals surface area contributed by atoms with Crippen LogP contribution in [0, 0.1) is 0 Å². The van der Waals surface area contributed by atoms with Gasteiger partial charge in [0, 0.05) is 12.7 Å². The van der Waals surface area contributed by atoms with Crippen LogP contribution in [0.15, 0.2) is 30.7 Å². The third kappa shape index (κ3) is 4.41. The minimum absolute atomic E-state index is 0.0193. The van der Waals surface area contributed by atoms with Crippen molar-refractivity contribution in [1.29, 1.82) is 0 Å². The fraction of sp³-hybridized carbons (Fsp3) is 0.286. The number of anilines is 1. The molecule has 0 saturated carbocycles. The Balaban J connectivity index is 1.97. The number of hydrogen-bond acceptors (Lipinski definition) is 6. The lowest BCUT2D eigenvalue weighted by Gasteiger charge is -2.10. The zero-order chi connectivity index (χ0) is 15.2. The molecule has 7 heteroatoms. The lowest BCUT2D eigenvalue weighted by Crippen LogP contribution is -2.09. The molecular weight excluding hydrogens is 272 g/mol. The van der Waals surface area contributed by atoms with Gasteiger partial charge in [0.1, 0.15) is 11.5 Å². The molecule has 7 nitrogen and oxygen atoms in total. The van der Waals surface area contributed by atoms with Crippen molar-refractivity contribution in [2.45, 2.75) is 26.5 Å². The van der Waals surface area contributed by atoms with Gasteiger partial charge in [-0.1, -0.05) is 6.07 Å². The molecule has 0 aliphatic heterocycles. The second kappa shape index (κ2) is 6.65. The van der Waals surface area contributed by atoms with E-state index in [2.05, 4.69) is 20.3 Å². The number of carboxylic acids is 1. The zero-order valence-corrected chi connectivity index (χ0v) is 11.8. The Bertz CT molecular complexity index is 614. The molecule has 0 spiro atoms. The second-order valence-electron chi connectivity index (χ2n) is 4.62. The van der Waals surface area contributed by atoms with Crippen molar-refractivity contribution in [2.24, 2.45) is 0 Å². The van der Waals surface area contributed by atoms with Crippen molar-refractivity contribution in [3.8, 4) is 5.88 Å². The van der Waals surface area contributed by atoms with E-state index in [1.54, 1.807) is 18.5 Å². The Morgan fingerprint density at radius 1 is 1.33 bits per heavy atom. The molecule has 0 aliphatic carbocycles. The predicted molar refractivity (Wildman–Crippen MR) is 76.3 cm³/mol. The van der Waals surface area contributed by atoms with Crippen LogP contribution >= 0.6 is 0 Å². The molecule has 0 saturated heterocycles. The van der Waals surface area contributed by atoms with Crippen molar-refractivity contribution < 1.29 is 14.6 Å². The van der Waals surface area contributed by atoms with Crippen molar-refractivity contribution in [3.05, 3.63) is 42.0 Å². The quantitative estimate of drug-likeness (QED) is 0.838. The molecule has 0 atom stereocenters. The molecule has 0 unspecified atom stereocenters. The number of pyridine rings is 1. The second-order valence-corrected chi connectivity index (χ2v) is 4.62. The van der Waals surface area contributed by atoms with Crippen LogP contribution in [-0.4, -0.2) is 32.1 Å². The lowest BCUT2D eigenvalue weighted by atomic mass is 10.2. The van der Waals surface area contributed by atoms with E-state index in [4.69, 9.17) is 9.84 Å². The summed E-state index contributed by atoms with van der Waals surface area (Å²) in [6.07, 6.45) is 4.68. The molecule has 21 heavy (non-hydrogen) atoms. The van der Waals surface area contributed by atoms with Gasteiger partial charge in [-0.05, 0) is 25.5 Å². The standard InChI is InChI=1S/C14H16N4O3/c1-9(2)21-13-8-15-7-12(18-13)17-6-10-3-4-11(14(19)20)16-5-10/h3-5,7-9H,6H2,1-2H3,(H,17,18)(H,19,20). The van der Waals surface area contributed by atoms with Gasteiger partial charge in [-0.25, -0.2) is 9.78 Å². The summed E-state index contributed by atoms with van der Waals surface area (Å²) >= 11 is 0. The van der Waals surface area contributed by atoms with E-state index < -0.39 is 5.97 Å². The number of aromatic nitrogens is 3. The van der Waals surface area contributed by atoms with E-state index in [0.29, 0.717) is 18.2 Å². The van der Waals surface area contributed by atoms with Crippen LogP contribution < -0.4 is 10.1 Å². The van der Waals surface area contributed by atoms with E-state index in [-0.39, 0.29) is 11.8 Å². The number of hydrogen-bond donors (Lipinski definition) is 2. The number of rotatable bonds is 6. The largest absolute Gasteiger partial charge is 0.477 e. The Hall–Kier alpha value is -2.70. The van der Waals surface area contributed by atoms with Gasteiger partial charge >= 0.3 is 5.97 Å². The highest BCUT2D eigenvalue weighted by Gasteiger charge is 2.05. The minimum Gasteiger partial charge on any atom is -0.477 e. The SMILES string of the molecule is CC(C)Oc1cncc(NCc2ccc(C(=O)O)nc2)n1. The number of aromatic carboxylic acids is 1. The van der Waals surface area contributed by atoms with E-state index in [9.17, 15) is 4.79 Å². The normalized spacial score (nSPS) is 10.4. The summed E-state index contributed by atoms with van der Waals surface area (Å²) in [5.74, 6) is -0.0104. The van der Waals surface area contributed by atoms with Gasteiger partial charge in [0.15, 0.2) is 0 Å². The molecule has 0 aromatic carbocycles. The maximum absolute atomic E-state index is 10.7. The first-order valence-corrected chi connectivity index (χ1v) is 6.45. The van der Waals surface area contributed by atoms with Crippen LogP contribution in [0.5, 0.6) is 5.88 Å². The van der Waals surface area contributed by atoms with Crippen LogP contribution in [0.2, 0.25) is 0 Å². The van der Waals surface area contributed by atoms with Crippen molar-refractivity contribution in [1.82, 2.24) is 15.0 Å². The monoisotopic (exact) mass is 288 g/mol. The summed E-state index contributed by atoms with van der Waals surface area (Å²) in [6.45, 7) is 4.29. The Labute approximate surface area is 122 Å². The topological polar surface area (TPSA) is 97.2 Å². The molecule has 0 amide bonds. The number of ether oxygens (including phenoxy) is 1. The first kappa shape index (κ1) is 14.7. The van der Waals surface area contributed by atoms with Crippen molar-refractivity contribution in [2.75, 3.05) is 5.32 Å². The molecule has 0 bridgehead atoms. The number of carboxylic acid groups (broad SMARTS) is 1. The summed E-state index contributed by atoms with van der Waals surface area (Å²) in [4.78, 5) is 22.9. The van der Waals surface area contributed by atoms with Crippen LogP contribution in [0.1, 0.15) is 29.9 Å². The van der Waals surface area contributed by atoms with Gasteiger partial charge in [-0.15, -0.1) is 0 Å². The third-order valence-corrected chi connectivity index (χ3v) is 2.49. The van der Waals surface area contributed by atoms with Gasteiger partial charge < -0.3 is 15.2 Å². The molecule has 2 heterocycles. The molecule has 2 rings (SSSR count). The molecule has 0 aliphatic rings. The fourth-order valence-corrected chi connectivity index (χ4v) is 1.58. The highest BCUT2D eigenvalue weighted by molar-refractivity contribution is 5.85. The number of nitrogens with one attached hydrogen (secondary N) is 1. The molecule has 2 aromatic rings. The van der Waals surface area contributed by atoms with Crippen molar-refractivity contribution >= 4 is 11.8 Å². The summed E-state index contributed by atoms with van der Waals surface area (Å²) in [6, 6.07) is 3.16. The van der Waals surface area contributed by atoms with Gasteiger partial charge in [0.2, 0.25) is 5.88 Å². The average Bonchev–Trinajstić information content (AvgIpc) is 2.45. The van der Waals surface area contributed by atoms with Crippen LogP contribution in [0.3, 0.4) is 0 Å². The maximum atomic E-state index is 10.7. The summed E-state index contributed by atoms with van der Waals surface area (Å²) < 4.78 is 5.46. The number of carbonyl (C=O) groups is 1. The highest BCUT2D eigenvalue weighted by atomic mass is 16.5. The van der Waals surface area contributed by atoms with Gasteiger partial charge in [0.05, 0.1) is 18.5 Å². The zero-order valence-electron chi connectivity index (χ0n) is 11.8. The molecular formula is C14H16N4O3.